The lowest BCUT2D eigenvalue weighted by Crippen LogP contribution is -2.32. The van der Waals surface area contributed by atoms with Crippen LogP contribution in [0.2, 0.25) is 0 Å². The zero-order chi connectivity index (χ0) is 15.7. The second-order valence-corrected chi connectivity index (χ2v) is 6.73. The van der Waals surface area contributed by atoms with E-state index in [4.69, 9.17) is 5.73 Å². The Kier molecular flexibility index (Phi) is 4.32. The smallest absolute Gasteiger partial charge is 0.255 e. The Morgan fingerprint density at radius 1 is 1.18 bits per heavy atom. The first-order valence-electron chi connectivity index (χ1n) is 7.42. The van der Waals surface area contributed by atoms with Crippen molar-refractivity contribution in [3.63, 3.8) is 0 Å². The summed E-state index contributed by atoms with van der Waals surface area (Å²) in [7, 11) is 0. The van der Waals surface area contributed by atoms with E-state index in [1.54, 1.807) is 0 Å². The third-order valence-electron chi connectivity index (χ3n) is 4.24. The van der Waals surface area contributed by atoms with E-state index in [1.165, 1.54) is 5.56 Å². The van der Waals surface area contributed by atoms with E-state index in [9.17, 15) is 4.79 Å². The van der Waals surface area contributed by atoms with Gasteiger partial charge in [0, 0.05) is 29.5 Å². The zero-order valence-corrected chi connectivity index (χ0v) is 14.1. The van der Waals surface area contributed by atoms with Gasteiger partial charge in [-0.1, -0.05) is 36.4 Å². The molecule has 0 radical (unpaired) electrons. The molecule has 2 aromatic carbocycles. The van der Waals surface area contributed by atoms with Crippen LogP contribution in [0.15, 0.2) is 53.0 Å². The second kappa shape index (κ2) is 6.23. The monoisotopic (exact) mass is 358 g/mol. The van der Waals surface area contributed by atoms with Gasteiger partial charge < -0.3 is 10.6 Å². The van der Waals surface area contributed by atoms with Crippen molar-refractivity contribution in [2.24, 2.45) is 5.73 Å². The summed E-state index contributed by atoms with van der Waals surface area (Å²) in [5.74, 6) is 0.245. The highest BCUT2D eigenvalue weighted by atomic mass is 79.9. The molecule has 0 aromatic heterocycles. The number of hydrogen-bond acceptors (Lipinski definition) is 2. The Morgan fingerprint density at radius 2 is 1.91 bits per heavy atom. The number of carbonyl (C=O) groups is 1. The van der Waals surface area contributed by atoms with Gasteiger partial charge in [-0.3, -0.25) is 4.79 Å². The van der Waals surface area contributed by atoms with Gasteiger partial charge in [0.15, 0.2) is 0 Å². The average Bonchev–Trinajstić information content (AvgIpc) is 2.89. The Hall–Kier alpha value is -1.65. The molecule has 1 aliphatic heterocycles. The van der Waals surface area contributed by atoms with Crippen molar-refractivity contribution in [3.05, 3.63) is 69.7 Å². The van der Waals surface area contributed by atoms with Crippen molar-refractivity contribution < 1.29 is 4.79 Å². The molecule has 1 fully saturated rings. The van der Waals surface area contributed by atoms with Crippen LogP contribution >= 0.6 is 15.9 Å². The summed E-state index contributed by atoms with van der Waals surface area (Å²) in [6.07, 6.45) is 0. The number of rotatable bonds is 2. The number of aryl methyl sites for hydroxylation is 1. The summed E-state index contributed by atoms with van der Waals surface area (Å²) >= 11 is 3.49. The van der Waals surface area contributed by atoms with Crippen molar-refractivity contribution in [2.75, 3.05) is 13.1 Å². The summed E-state index contributed by atoms with van der Waals surface area (Å²) in [5.41, 5.74) is 9.30. The molecule has 1 saturated heterocycles. The van der Waals surface area contributed by atoms with E-state index in [0.29, 0.717) is 18.7 Å². The van der Waals surface area contributed by atoms with Gasteiger partial charge in [0.2, 0.25) is 0 Å². The largest absolute Gasteiger partial charge is 0.336 e. The summed E-state index contributed by atoms with van der Waals surface area (Å²) in [4.78, 5) is 14.6. The van der Waals surface area contributed by atoms with Gasteiger partial charge in [-0.05, 0) is 46.1 Å². The lowest BCUT2D eigenvalue weighted by atomic mass is 9.95. The minimum Gasteiger partial charge on any atom is -0.336 e. The first-order valence-corrected chi connectivity index (χ1v) is 8.21. The van der Waals surface area contributed by atoms with Crippen molar-refractivity contribution in [1.29, 1.82) is 0 Å². The van der Waals surface area contributed by atoms with Gasteiger partial charge >= 0.3 is 0 Å². The van der Waals surface area contributed by atoms with Gasteiger partial charge in [-0.15, -0.1) is 0 Å². The molecular formula is C18H19BrN2O. The number of nitrogens with two attached hydrogens (primary N) is 1. The Labute approximate surface area is 139 Å². The third-order valence-corrected chi connectivity index (χ3v) is 4.89. The Balaban J connectivity index is 1.81. The standard InChI is InChI=1S/C18H19BrN2O/c1-12-7-8-14(16(19)9-12)18(22)21-10-15(17(20)11-21)13-5-3-2-4-6-13/h2-9,15,17H,10-11,20H2,1H3/t15-,17+/m0/s1. The molecule has 0 spiro atoms. The SMILES string of the molecule is Cc1ccc(C(=O)N2C[C@@H](N)[C@H](c3ccccc3)C2)c(Br)c1. The minimum absolute atomic E-state index is 0.0180. The molecule has 1 amide bonds. The minimum atomic E-state index is -0.0180. The molecule has 2 atom stereocenters. The number of nitrogens with zero attached hydrogens (tertiary/aromatic N) is 1. The molecular weight excluding hydrogens is 340 g/mol. The van der Waals surface area contributed by atoms with E-state index in [-0.39, 0.29) is 17.9 Å². The fourth-order valence-corrected chi connectivity index (χ4v) is 3.67. The molecule has 1 aliphatic rings. The molecule has 3 rings (SSSR count). The first kappa shape index (κ1) is 15.3. The quantitative estimate of drug-likeness (QED) is 0.894. The molecule has 0 aliphatic carbocycles. The fourth-order valence-electron chi connectivity index (χ4n) is 3.01. The number of likely N-dealkylation sites (tertiary alicyclic amines) is 1. The summed E-state index contributed by atoms with van der Waals surface area (Å²) in [5, 5.41) is 0. The lowest BCUT2D eigenvalue weighted by molar-refractivity contribution is 0.0788. The van der Waals surface area contributed by atoms with Gasteiger partial charge in [0.05, 0.1) is 5.56 Å². The molecule has 0 unspecified atom stereocenters. The fraction of sp³-hybridized carbons (Fsp3) is 0.278. The third kappa shape index (κ3) is 2.94. The number of halogens is 1. The van der Waals surface area contributed by atoms with Gasteiger partial charge in [0.25, 0.3) is 5.91 Å². The lowest BCUT2D eigenvalue weighted by Gasteiger charge is -2.17. The van der Waals surface area contributed by atoms with Crippen LogP contribution in [0, 0.1) is 6.92 Å². The van der Waals surface area contributed by atoms with Crippen LogP contribution in [0.4, 0.5) is 0 Å². The normalized spacial score (nSPS) is 21.1. The number of benzene rings is 2. The summed E-state index contributed by atoms with van der Waals surface area (Å²) in [6.45, 7) is 3.28. The Bertz CT molecular complexity index is 687. The van der Waals surface area contributed by atoms with Crippen LogP contribution in [-0.2, 0) is 0 Å². The maximum absolute atomic E-state index is 12.7. The second-order valence-electron chi connectivity index (χ2n) is 5.87. The predicted molar refractivity (Wildman–Crippen MR) is 91.9 cm³/mol. The van der Waals surface area contributed by atoms with Crippen LogP contribution in [0.25, 0.3) is 0 Å². The van der Waals surface area contributed by atoms with Crippen molar-refractivity contribution >= 4 is 21.8 Å². The van der Waals surface area contributed by atoms with Crippen LogP contribution in [0.3, 0.4) is 0 Å². The highest BCUT2D eigenvalue weighted by molar-refractivity contribution is 9.10. The van der Waals surface area contributed by atoms with Crippen LogP contribution in [0.5, 0.6) is 0 Å². The van der Waals surface area contributed by atoms with E-state index in [2.05, 4.69) is 28.1 Å². The molecule has 4 heteroatoms. The zero-order valence-electron chi connectivity index (χ0n) is 12.5. The molecule has 3 nitrogen and oxygen atoms in total. The number of carbonyl (C=O) groups excluding carboxylic acids is 1. The predicted octanol–water partition coefficient (Wildman–Crippen LogP) is 3.32. The van der Waals surface area contributed by atoms with E-state index in [0.717, 1.165) is 10.0 Å². The van der Waals surface area contributed by atoms with Gasteiger partial charge in [0.1, 0.15) is 0 Å². The number of hydrogen-bond donors (Lipinski definition) is 1. The highest BCUT2D eigenvalue weighted by Gasteiger charge is 2.34. The topological polar surface area (TPSA) is 46.3 Å². The molecule has 22 heavy (non-hydrogen) atoms. The average molecular weight is 359 g/mol. The Morgan fingerprint density at radius 3 is 2.59 bits per heavy atom. The molecule has 0 bridgehead atoms. The van der Waals surface area contributed by atoms with Crippen LogP contribution < -0.4 is 5.73 Å². The molecule has 1 heterocycles. The van der Waals surface area contributed by atoms with Crippen LogP contribution in [0.1, 0.15) is 27.4 Å². The van der Waals surface area contributed by atoms with E-state index < -0.39 is 0 Å². The van der Waals surface area contributed by atoms with Crippen LogP contribution in [-0.4, -0.2) is 29.9 Å². The van der Waals surface area contributed by atoms with E-state index in [1.807, 2.05) is 48.2 Å². The maximum atomic E-state index is 12.7. The van der Waals surface area contributed by atoms with E-state index >= 15 is 0 Å². The molecule has 0 saturated carbocycles. The van der Waals surface area contributed by atoms with Gasteiger partial charge in [-0.25, -0.2) is 0 Å². The summed E-state index contributed by atoms with van der Waals surface area (Å²) in [6, 6.07) is 16.0. The van der Waals surface area contributed by atoms with Crippen molar-refractivity contribution in [1.82, 2.24) is 4.90 Å². The molecule has 114 valence electrons. The number of amides is 1. The maximum Gasteiger partial charge on any atom is 0.255 e. The summed E-state index contributed by atoms with van der Waals surface area (Å²) < 4.78 is 0.842. The van der Waals surface area contributed by atoms with Crippen molar-refractivity contribution in [3.8, 4) is 0 Å². The molecule has 2 aromatic rings. The van der Waals surface area contributed by atoms with Gasteiger partial charge in [-0.2, -0.15) is 0 Å². The highest BCUT2D eigenvalue weighted by Crippen LogP contribution is 2.29. The first-order chi connectivity index (χ1) is 10.6. The molecule has 2 N–H and O–H groups in total. The van der Waals surface area contributed by atoms with Crippen molar-refractivity contribution in [2.45, 2.75) is 18.9 Å².